The number of hydrogen-bond donors (Lipinski definition) is 2. The summed E-state index contributed by atoms with van der Waals surface area (Å²) in [4.78, 5) is 12.3. The molecule has 0 heterocycles. The van der Waals surface area contributed by atoms with Crippen molar-refractivity contribution in [3.05, 3.63) is 17.7 Å². The maximum Gasteiger partial charge on any atom is 0.255 e. The van der Waals surface area contributed by atoms with Crippen molar-refractivity contribution in [3.63, 3.8) is 0 Å². The number of amides is 1. The first kappa shape index (κ1) is 17.1. The normalized spacial score (nSPS) is 13.2. The summed E-state index contributed by atoms with van der Waals surface area (Å²) >= 11 is 0. The van der Waals surface area contributed by atoms with Crippen LogP contribution in [0.25, 0.3) is 0 Å². The molecule has 1 aromatic carbocycles. The second-order valence-corrected chi connectivity index (χ2v) is 4.84. The van der Waals surface area contributed by atoms with Crippen LogP contribution in [0, 0.1) is 0 Å². The molecule has 0 bridgehead atoms. The smallest absolute Gasteiger partial charge is 0.255 e. The number of hydrogen-bond acceptors (Lipinski definition) is 5. The minimum atomic E-state index is -0.479. The van der Waals surface area contributed by atoms with E-state index in [9.17, 15) is 9.90 Å². The molecule has 6 nitrogen and oxygen atoms in total. The Bertz CT molecular complexity index is 487. The molecule has 0 aliphatic carbocycles. The van der Waals surface area contributed by atoms with Crippen molar-refractivity contribution < 1.29 is 24.1 Å². The zero-order chi connectivity index (χ0) is 16.0. The van der Waals surface area contributed by atoms with Crippen molar-refractivity contribution in [2.75, 3.05) is 21.3 Å². The first-order valence-corrected chi connectivity index (χ1v) is 6.72. The molecule has 118 valence electrons. The lowest BCUT2D eigenvalue weighted by Gasteiger charge is -2.18. The summed E-state index contributed by atoms with van der Waals surface area (Å²) < 4.78 is 15.7. The average Bonchev–Trinajstić information content (AvgIpc) is 2.44. The van der Waals surface area contributed by atoms with Gasteiger partial charge in [-0.1, -0.05) is 0 Å². The first-order chi connectivity index (χ1) is 9.94. The number of rotatable bonds is 7. The van der Waals surface area contributed by atoms with E-state index in [2.05, 4.69) is 5.32 Å². The number of carbonyl (C=O) groups excluding carboxylic acids is 1. The summed E-state index contributed by atoms with van der Waals surface area (Å²) in [5.74, 6) is 0.887. The Kier molecular flexibility index (Phi) is 6.30. The zero-order valence-electron chi connectivity index (χ0n) is 13.1. The fourth-order valence-electron chi connectivity index (χ4n) is 2.15. The second-order valence-electron chi connectivity index (χ2n) is 4.84. The van der Waals surface area contributed by atoms with Crippen LogP contribution in [0.15, 0.2) is 12.1 Å². The van der Waals surface area contributed by atoms with E-state index in [-0.39, 0.29) is 11.9 Å². The van der Waals surface area contributed by atoms with Crippen LogP contribution in [0.1, 0.15) is 30.6 Å². The highest BCUT2D eigenvalue weighted by Crippen LogP contribution is 2.39. The summed E-state index contributed by atoms with van der Waals surface area (Å²) in [6.45, 7) is 3.51. The Hall–Kier alpha value is -1.95. The van der Waals surface area contributed by atoms with Gasteiger partial charge in [-0.3, -0.25) is 4.79 Å². The van der Waals surface area contributed by atoms with Crippen molar-refractivity contribution in [1.82, 2.24) is 5.32 Å². The van der Waals surface area contributed by atoms with E-state index in [0.29, 0.717) is 29.2 Å². The molecule has 1 rings (SSSR count). The number of nitrogens with one attached hydrogen (secondary N) is 1. The van der Waals surface area contributed by atoms with Crippen LogP contribution in [-0.2, 0) is 0 Å². The number of aliphatic hydroxyl groups excluding tert-OH is 1. The van der Waals surface area contributed by atoms with Crippen molar-refractivity contribution in [1.29, 1.82) is 0 Å². The molecule has 2 N–H and O–H groups in total. The molecule has 0 aliphatic rings. The Labute approximate surface area is 125 Å². The lowest BCUT2D eigenvalue weighted by Crippen LogP contribution is -2.34. The van der Waals surface area contributed by atoms with Crippen molar-refractivity contribution in [3.8, 4) is 17.2 Å². The summed E-state index contributed by atoms with van der Waals surface area (Å²) in [6.07, 6.45) is -0.00552. The van der Waals surface area contributed by atoms with Crippen molar-refractivity contribution >= 4 is 5.91 Å². The second kappa shape index (κ2) is 7.73. The van der Waals surface area contributed by atoms with E-state index in [4.69, 9.17) is 14.2 Å². The maximum absolute atomic E-state index is 12.3. The minimum Gasteiger partial charge on any atom is -0.493 e. The predicted molar refractivity (Wildman–Crippen MR) is 79.3 cm³/mol. The molecule has 0 spiro atoms. The SMILES string of the molecule is COc1ccc(C(=O)NC(C)CC(C)O)c(OC)c1OC. The summed E-state index contributed by atoms with van der Waals surface area (Å²) in [5.41, 5.74) is 0.354. The van der Waals surface area contributed by atoms with Crippen molar-refractivity contribution in [2.24, 2.45) is 0 Å². The van der Waals surface area contributed by atoms with E-state index in [0.717, 1.165) is 0 Å². The minimum absolute atomic E-state index is 0.157. The summed E-state index contributed by atoms with van der Waals surface area (Å²) in [7, 11) is 4.47. The molecule has 1 aromatic rings. The standard InChI is InChI=1S/C15H23NO5/c1-9(8-10(2)17)16-15(18)11-6-7-12(19-3)14(21-5)13(11)20-4/h6-7,9-10,17H,8H2,1-5H3,(H,16,18). The predicted octanol–water partition coefficient (Wildman–Crippen LogP) is 1.60. The fourth-order valence-corrected chi connectivity index (χ4v) is 2.15. The molecule has 0 radical (unpaired) electrons. The molecule has 1 amide bonds. The van der Waals surface area contributed by atoms with Gasteiger partial charge in [-0.05, 0) is 32.4 Å². The Morgan fingerprint density at radius 3 is 2.24 bits per heavy atom. The number of carbonyl (C=O) groups is 1. The lowest BCUT2D eigenvalue weighted by atomic mass is 10.1. The monoisotopic (exact) mass is 297 g/mol. The maximum atomic E-state index is 12.3. The molecule has 2 atom stereocenters. The van der Waals surface area contributed by atoms with Crippen LogP contribution in [0.4, 0.5) is 0 Å². The van der Waals surface area contributed by atoms with Crippen molar-refractivity contribution in [2.45, 2.75) is 32.4 Å². The van der Waals surface area contributed by atoms with Gasteiger partial charge in [0.25, 0.3) is 5.91 Å². The van der Waals surface area contributed by atoms with Gasteiger partial charge in [0, 0.05) is 6.04 Å². The van der Waals surface area contributed by atoms with Gasteiger partial charge in [-0.2, -0.15) is 0 Å². The molecule has 0 aliphatic heterocycles. The average molecular weight is 297 g/mol. The van der Waals surface area contributed by atoms with Crippen LogP contribution in [0.3, 0.4) is 0 Å². The summed E-state index contributed by atoms with van der Waals surface area (Å²) in [6, 6.07) is 3.11. The summed E-state index contributed by atoms with van der Waals surface area (Å²) in [5, 5.41) is 12.2. The molecule has 21 heavy (non-hydrogen) atoms. The van der Waals surface area contributed by atoms with Gasteiger partial charge in [0.1, 0.15) is 0 Å². The third kappa shape index (κ3) is 4.26. The molecule has 0 saturated carbocycles. The van der Waals surface area contributed by atoms with Gasteiger partial charge in [0.2, 0.25) is 5.75 Å². The van der Waals surface area contributed by atoms with Gasteiger partial charge in [0.05, 0.1) is 33.0 Å². The number of aliphatic hydroxyl groups is 1. The zero-order valence-corrected chi connectivity index (χ0v) is 13.1. The first-order valence-electron chi connectivity index (χ1n) is 6.72. The van der Waals surface area contributed by atoms with Crippen LogP contribution in [-0.4, -0.2) is 44.5 Å². The molecular formula is C15H23NO5. The fraction of sp³-hybridized carbons (Fsp3) is 0.533. The largest absolute Gasteiger partial charge is 0.493 e. The van der Waals surface area contributed by atoms with Crippen LogP contribution < -0.4 is 19.5 Å². The molecule has 0 aromatic heterocycles. The number of methoxy groups -OCH3 is 3. The Balaban J connectivity index is 3.04. The number of ether oxygens (including phenoxy) is 3. The highest BCUT2D eigenvalue weighted by Gasteiger charge is 2.21. The van der Waals surface area contributed by atoms with E-state index < -0.39 is 6.10 Å². The van der Waals surface area contributed by atoms with E-state index in [1.807, 2.05) is 6.92 Å². The third-order valence-corrected chi connectivity index (χ3v) is 3.02. The van der Waals surface area contributed by atoms with Gasteiger partial charge < -0.3 is 24.6 Å². The lowest BCUT2D eigenvalue weighted by molar-refractivity contribution is 0.0919. The highest BCUT2D eigenvalue weighted by atomic mass is 16.5. The van der Waals surface area contributed by atoms with Crippen LogP contribution in [0.5, 0.6) is 17.2 Å². The molecule has 2 unspecified atom stereocenters. The Morgan fingerprint density at radius 2 is 1.76 bits per heavy atom. The van der Waals surface area contributed by atoms with Gasteiger partial charge in [-0.25, -0.2) is 0 Å². The molecule has 0 saturated heterocycles. The quantitative estimate of drug-likeness (QED) is 0.799. The number of benzene rings is 1. The third-order valence-electron chi connectivity index (χ3n) is 3.02. The molecular weight excluding hydrogens is 274 g/mol. The van der Waals surface area contributed by atoms with Crippen LogP contribution in [0.2, 0.25) is 0 Å². The van der Waals surface area contributed by atoms with Gasteiger partial charge in [0.15, 0.2) is 11.5 Å². The Morgan fingerprint density at radius 1 is 1.14 bits per heavy atom. The van der Waals surface area contributed by atoms with Gasteiger partial charge in [-0.15, -0.1) is 0 Å². The van der Waals surface area contributed by atoms with Crippen LogP contribution >= 0.6 is 0 Å². The van der Waals surface area contributed by atoms with E-state index in [1.165, 1.54) is 21.3 Å². The van der Waals surface area contributed by atoms with Gasteiger partial charge >= 0.3 is 0 Å². The highest BCUT2D eigenvalue weighted by molar-refractivity contribution is 5.98. The topological polar surface area (TPSA) is 77.0 Å². The molecule has 0 fully saturated rings. The van der Waals surface area contributed by atoms with E-state index >= 15 is 0 Å². The molecule has 6 heteroatoms. The van der Waals surface area contributed by atoms with E-state index in [1.54, 1.807) is 19.1 Å².